The molecular weight excluding hydrogens is 516 g/mol. The molecule has 4 aliphatic rings. The van der Waals surface area contributed by atoms with Crippen LogP contribution in [0.4, 0.5) is 11.4 Å². The minimum Gasteiger partial charge on any atom is -0.508 e. The molecule has 202 valence electrons. The highest BCUT2D eigenvalue weighted by molar-refractivity contribution is 6.25. The van der Waals surface area contributed by atoms with Gasteiger partial charge in [0.1, 0.15) is 11.5 Å². The number of carbonyl (C=O) groups excluding carboxylic acids is 4. The van der Waals surface area contributed by atoms with Crippen LogP contribution in [0.1, 0.15) is 31.2 Å². The molecule has 1 fully saturated rings. The lowest BCUT2D eigenvalue weighted by Crippen LogP contribution is -2.39. The molecule has 2 aromatic rings. The lowest BCUT2D eigenvalue weighted by Gasteiger charge is -2.42. The maximum atomic E-state index is 13.9. The lowest BCUT2D eigenvalue weighted by atomic mass is 9.59. The van der Waals surface area contributed by atoms with Gasteiger partial charge in [-0.1, -0.05) is 11.6 Å². The van der Waals surface area contributed by atoms with Gasteiger partial charge >= 0.3 is 0 Å². The van der Waals surface area contributed by atoms with Gasteiger partial charge in [0.25, 0.3) is 5.69 Å². The average Bonchev–Trinajstić information content (AvgIpc) is 3.20. The summed E-state index contributed by atoms with van der Waals surface area (Å²) < 4.78 is 5.37. The number of nitrogens with zero attached hydrogens (tertiary/aromatic N) is 2. The van der Waals surface area contributed by atoms with Crippen molar-refractivity contribution in [2.75, 3.05) is 12.0 Å². The first-order valence-corrected chi connectivity index (χ1v) is 12.8. The number of fused-ring (bicyclic) bond motifs is 3. The molecule has 2 amide bonds. The van der Waals surface area contributed by atoms with Crippen LogP contribution in [0.5, 0.6) is 11.5 Å². The molecule has 1 aliphatic heterocycles. The van der Waals surface area contributed by atoms with Crippen molar-refractivity contribution >= 4 is 34.8 Å². The van der Waals surface area contributed by atoms with Crippen LogP contribution in [0.25, 0.3) is 0 Å². The minimum absolute atomic E-state index is 0.0879. The van der Waals surface area contributed by atoms with Crippen LogP contribution in [0, 0.1) is 27.9 Å². The first-order chi connectivity index (χ1) is 19.1. The fraction of sp³-hybridized carbons (Fsp3) is 0.267. The number of aromatic hydroxyl groups is 1. The van der Waals surface area contributed by atoms with Crippen molar-refractivity contribution in [1.29, 1.82) is 0 Å². The number of ketones is 2. The van der Waals surface area contributed by atoms with Gasteiger partial charge < -0.3 is 9.84 Å². The Bertz CT molecular complexity index is 1630. The number of amides is 2. The number of phenols is 1. The number of Topliss-reactive ketones (excluding diaryl/α,β-unsaturated/α-hetero) is 1. The number of hydrogen-bond acceptors (Lipinski definition) is 8. The molecule has 0 radical (unpaired) electrons. The van der Waals surface area contributed by atoms with Crippen LogP contribution in [-0.2, 0) is 19.2 Å². The van der Waals surface area contributed by atoms with E-state index in [1.165, 1.54) is 43.5 Å². The van der Waals surface area contributed by atoms with Gasteiger partial charge in [0, 0.05) is 40.3 Å². The Labute approximate surface area is 228 Å². The number of hydrogen-bond donors (Lipinski definition) is 1. The highest BCUT2D eigenvalue weighted by atomic mass is 16.6. The Kier molecular flexibility index (Phi) is 5.79. The van der Waals surface area contributed by atoms with Crippen LogP contribution in [-0.4, -0.2) is 40.5 Å². The number of nitro groups is 1. The predicted molar refractivity (Wildman–Crippen MR) is 142 cm³/mol. The summed E-state index contributed by atoms with van der Waals surface area (Å²) in [4.78, 5) is 65.7. The third-order valence-electron chi connectivity index (χ3n) is 8.43. The predicted octanol–water partition coefficient (Wildman–Crippen LogP) is 3.94. The van der Waals surface area contributed by atoms with Crippen molar-refractivity contribution in [3.05, 3.63) is 92.6 Å². The first-order valence-electron chi connectivity index (χ1n) is 12.8. The summed E-state index contributed by atoms with van der Waals surface area (Å²) in [5, 5.41) is 22.0. The van der Waals surface area contributed by atoms with Crippen molar-refractivity contribution in [3.63, 3.8) is 0 Å². The molecular formula is C30H24N2O8. The van der Waals surface area contributed by atoms with Crippen LogP contribution in [0.15, 0.2) is 76.9 Å². The van der Waals surface area contributed by atoms with E-state index in [1.54, 1.807) is 19.1 Å². The summed E-state index contributed by atoms with van der Waals surface area (Å²) in [6.07, 6.45) is 3.48. The van der Waals surface area contributed by atoms with Gasteiger partial charge in [0.05, 0.1) is 29.6 Å². The molecule has 3 aliphatic carbocycles. The summed E-state index contributed by atoms with van der Waals surface area (Å²) >= 11 is 0. The minimum atomic E-state index is -0.804. The molecule has 1 N–H and O–H groups in total. The van der Waals surface area contributed by atoms with E-state index >= 15 is 0 Å². The Hall–Kier alpha value is -4.86. The molecule has 4 atom stereocenters. The monoisotopic (exact) mass is 540 g/mol. The van der Waals surface area contributed by atoms with Gasteiger partial charge in [-0.25, -0.2) is 0 Å². The van der Waals surface area contributed by atoms with Crippen LogP contribution in [0.3, 0.4) is 0 Å². The number of methoxy groups -OCH3 is 1. The second-order valence-corrected chi connectivity index (χ2v) is 10.4. The molecule has 2 aromatic carbocycles. The molecule has 0 bridgehead atoms. The first kappa shape index (κ1) is 25.4. The Balaban J connectivity index is 1.47. The van der Waals surface area contributed by atoms with E-state index in [9.17, 15) is 34.4 Å². The highest BCUT2D eigenvalue weighted by Gasteiger charge is 2.56. The summed E-state index contributed by atoms with van der Waals surface area (Å²) in [6, 6.07) is 9.88. The molecule has 1 saturated heterocycles. The average molecular weight is 541 g/mol. The maximum absolute atomic E-state index is 13.9. The molecule has 4 unspecified atom stereocenters. The Morgan fingerprint density at radius 2 is 1.75 bits per heavy atom. The second-order valence-electron chi connectivity index (χ2n) is 10.4. The molecule has 0 saturated carbocycles. The van der Waals surface area contributed by atoms with Gasteiger partial charge in [0.2, 0.25) is 11.8 Å². The van der Waals surface area contributed by atoms with E-state index in [0.29, 0.717) is 22.5 Å². The zero-order valence-electron chi connectivity index (χ0n) is 21.6. The van der Waals surface area contributed by atoms with Crippen LogP contribution >= 0.6 is 0 Å². The zero-order chi connectivity index (χ0) is 28.5. The molecule has 1 heterocycles. The normalized spacial score (nSPS) is 25.7. The summed E-state index contributed by atoms with van der Waals surface area (Å²) in [5.74, 6) is -4.02. The van der Waals surface area contributed by atoms with E-state index in [4.69, 9.17) is 4.74 Å². The number of non-ortho nitro benzene ring substituents is 1. The lowest BCUT2D eigenvalue weighted by molar-refractivity contribution is -0.384. The topological polar surface area (TPSA) is 144 Å². The second kappa shape index (κ2) is 9.11. The van der Waals surface area contributed by atoms with E-state index in [2.05, 4.69) is 0 Å². The van der Waals surface area contributed by atoms with Crippen molar-refractivity contribution in [1.82, 2.24) is 0 Å². The van der Waals surface area contributed by atoms with E-state index in [-0.39, 0.29) is 52.7 Å². The zero-order valence-corrected chi connectivity index (χ0v) is 21.6. The largest absolute Gasteiger partial charge is 0.508 e. The van der Waals surface area contributed by atoms with E-state index < -0.39 is 40.4 Å². The highest BCUT2D eigenvalue weighted by Crippen LogP contribution is 2.56. The van der Waals surface area contributed by atoms with E-state index in [0.717, 1.165) is 4.90 Å². The molecule has 0 aromatic heterocycles. The number of ether oxygens (including phenoxy) is 1. The fourth-order valence-electron chi connectivity index (χ4n) is 6.59. The van der Waals surface area contributed by atoms with Gasteiger partial charge in [-0.15, -0.1) is 0 Å². The van der Waals surface area contributed by atoms with E-state index in [1.807, 2.05) is 6.08 Å². The summed E-state index contributed by atoms with van der Waals surface area (Å²) in [5.41, 5.74) is 1.99. The molecule has 10 nitrogen and oxygen atoms in total. The number of carbonyl (C=O) groups is 4. The van der Waals surface area contributed by atoms with Gasteiger partial charge in [-0.2, -0.15) is 0 Å². The molecule has 10 heteroatoms. The summed E-state index contributed by atoms with van der Waals surface area (Å²) in [6.45, 7) is 1.57. The Morgan fingerprint density at radius 1 is 1.02 bits per heavy atom. The quantitative estimate of drug-likeness (QED) is 0.202. The van der Waals surface area contributed by atoms with Crippen molar-refractivity contribution in [2.45, 2.75) is 25.7 Å². The Morgan fingerprint density at radius 3 is 2.42 bits per heavy atom. The van der Waals surface area contributed by atoms with Crippen LogP contribution in [0.2, 0.25) is 0 Å². The molecule has 0 spiro atoms. The molecule has 6 rings (SSSR count). The van der Waals surface area contributed by atoms with Crippen molar-refractivity contribution in [3.8, 4) is 11.5 Å². The number of nitro benzene ring substituents is 1. The maximum Gasteiger partial charge on any atom is 0.269 e. The van der Waals surface area contributed by atoms with Gasteiger partial charge in [0.15, 0.2) is 11.6 Å². The number of rotatable bonds is 4. The standard InChI is InChI=1S/C30H24N2O8/c1-14-11-24(34)22-13-20-18(25(27(22)28(14)35)21-12-17(40-2)7-10-23(21)33)8-9-19-26(20)30(37)31(29(19)36)15-3-5-16(6-4-15)32(38)39/h3-8,10-12,19-20,25-26,33H,9,13H2,1-2H3. The van der Waals surface area contributed by atoms with Crippen molar-refractivity contribution < 1.29 is 33.9 Å². The number of imide groups is 1. The third kappa shape index (κ3) is 3.63. The van der Waals surface area contributed by atoms with Crippen molar-refractivity contribution in [2.24, 2.45) is 17.8 Å². The smallest absolute Gasteiger partial charge is 0.269 e. The summed E-state index contributed by atoms with van der Waals surface area (Å²) in [7, 11) is 1.48. The number of phenolic OH excluding ortho intramolecular Hbond substituents is 1. The number of allylic oxidation sites excluding steroid dienone is 6. The number of anilines is 1. The molecule has 40 heavy (non-hydrogen) atoms. The SMILES string of the molecule is COc1ccc(O)c(C2C3=CCC4C(=O)N(c5ccc([N+](=O)[O-])cc5)C(=O)C4C3CC3=C2C(=O)C(C)=CC3=O)c1. The fourth-order valence-corrected chi connectivity index (χ4v) is 6.59. The van der Waals surface area contributed by atoms with Gasteiger partial charge in [-0.05, 0) is 62.1 Å². The third-order valence-corrected chi connectivity index (χ3v) is 8.43. The van der Waals surface area contributed by atoms with Crippen LogP contribution < -0.4 is 9.64 Å². The van der Waals surface area contributed by atoms with Gasteiger partial charge in [-0.3, -0.25) is 34.2 Å². The number of benzene rings is 2.